The third-order valence-electron chi connectivity index (χ3n) is 3.69. The lowest BCUT2D eigenvalue weighted by atomic mass is 9.90. The highest BCUT2D eigenvalue weighted by Crippen LogP contribution is 2.47. The summed E-state index contributed by atoms with van der Waals surface area (Å²) in [6.07, 6.45) is 1.85. The molecule has 1 aliphatic carbocycles. The van der Waals surface area contributed by atoms with Crippen molar-refractivity contribution >= 4 is 11.8 Å². The summed E-state index contributed by atoms with van der Waals surface area (Å²) in [5.74, 6) is -0.765. The van der Waals surface area contributed by atoms with Crippen LogP contribution in [0.25, 0.3) is 0 Å². The Labute approximate surface area is 103 Å². The van der Waals surface area contributed by atoms with Crippen LogP contribution in [-0.2, 0) is 0 Å². The van der Waals surface area contributed by atoms with E-state index in [1.807, 2.05) is 0 Å². The monoisotopic (exact) mass is 251 g/mol. The van der Waals surface area contributed by atoms with Crippen molar-refractivity contribution in [3.8, 4) is 0 Å². The summed E-state index contributed by atoms with van der Waals surface area (Å²) in [6, 6.07) is 2.96. The second-order valence-corrected chi connectivity index (χ2v) is 5.12. The number of amides is 2. The number of nitrogens with one attached hydrogen (secondary N) is 1. The van der Waals surface area contributed by atoms with Gasteiger partial charge in [-0.05, 0) is 30.9 Å². The fraction of sp³-hybridized carbons (Fsp3) is 0.500. The van der Waals surface area contributed by atoms with Crippen LogP contribution < -0.4 is 5.73 Å². The third-order valence-corrected chi connectivity index (χ3v) is 3.69. The van der Waals surface area contributed by atoms with Gasteiger partial charge < -0.3 is 15.6 Å². The topological polar surface area (TPSA) is 79.2 Å². The molecule has 6 heteroatoms. The molecule has 0 aromatic carbocycles. The lowest BCUT2D eigenvalue weighted by molar-refractivity contribution is -0.0339. The molecule has 1 aliphatic heterocycles. The number of H-pyrrole nitrogens is 1. The second-order valence-electron chi connectivity index (χ2n) is 5.12. The molecular weight excluding hydrogens is 237 g/mol. The maximum Gasteiger partial charge on any atom is 0.270 e. The smallest absolute Gasteiger partial charge is 0.270 e. The number of rotatable bonds is 3. The first-order chi connectivity index (χ1) is 8.49. The molecule has 2 aliphatic rings. The average Bonchev–Trinajstić information content (AvgIpc) is 3.01. The number of nitrogens with two attached hydrogens (primary N) is 1. The molecule has 0 atom stereocenters. The van der Waals surface area contributed by atoms with E-state index in [1.54, 1.807) is 0 Å². The number of hydrogen-bond acceptors (Lipinski definition) is 2. The van der Waals surface area contributed by atoms with Crippen molar-refractivity contribution in [2.45, 2.75) is 18.5 Å². The standard InChI is InChI=1S/C12H14FN3O2/c13-12(7-1-2-7)5-16(6-12)11(18)9-4-3-8(15-9)10(14)17/h3-4,7,15H,1-2,5-6H2,(H2,14,17). The van der Waals surface area contributed by atoms with Gasteiger partial charge in [-0.3, -0.25) is 9.59 Å². The van der Waals surface area contributed by atoms with E-state index in [1.165, 1.54) is 17.0 Å². The summed E-state index contributed by atoms with van der Waals surface area (Å²) in [7, 11) is 0. The molecule has 3 rings (SSSR count). The number of aromatic amines is 1. The normalized spacial score (nSPS) is 21.5. The van der Waals surface area contributed by atoms with Crippen LogP contribution in [0.5, 0.6) is 0 Å². The minimum Gasteiger partial charge on any atom is -0.364 e. The highest BCUT2D eigenvalue weighted by atomic mass is 19.1. The van der Waals surface area contributed by atoms with Crippen LogP contribution in [0.1, 0.15) is 33.8 Å². The SMILES string of the molecule is NC(=O)c1ccc(C(=O)N2CC(F)(C3CC3)C2)[nH]1. The highest BCUT2D eigenvalue weighted by Gasteiger charge is 2.55. The Hall–Kier alpha value is -1.85. The molecule has 2 heterocycles. The van der Waals surface area contributed by atoms with Crippen molar-refractivity contribution in [3.63, 3.8) is 0 Å². The van der Waals surface area contributed by atoms with Crippen molar-refractivity contribution in [1.82, 2.24) is 9.88 Å². The molecule has 0 radical (unpaired) electrons. The van der Waals surface area contributed by atoms with Crippen LogP contribution >= 0.6 is 0 Å². The van der Waals surface area contributed by atoms with E-state index in [0.29, 0.717) is 0 Å². The molecule has 1 aromatic heterocycles. The summed E-state index contributed by atoms with van der Waals surface area (Å²) < 4.78 is 14.1. The molecule has 3 N–H and O–H groups in total. The zero-order chi connectivity index (χ0) is 12.9. The Balaban J connectivity index is 1.66. The van der Waals surface area contributed by atoms with Crippen LogP contribution in [0.4, 0.5) is 4.39 Å². The van der Waals surface area contributed by atoms with Gasteiger partial charge in [-0.1, -0.05) is 0 Å². The van der Waals surface area contributed by atoms with E-state index in [9.17, 15) is 14.0 Å². The molecule has 2 fully saturated rings. The number of halogens is 1. The molecular formula is C12H14FN3O2. The highest BCUT2D eigenvalue weighted by molar-refractivity contribution is 5.97. The Morgan fingerprint density at radius 1 is 1.33 bits per heavy atom. The van der Waals surface area contributed by atoms with Crippen molar-refractivity contribution in [3.05, 3.63) is 23.5 Å². The van der Waals surface area contributed by atoms with Crippen LogP contribution in [-0.4, -0.2) is 40.5 Å². The number of hydrogen-bond donors (Lipinski definition) is 2. The third kappa shape index (κ3) is 1.68. The van der Waals surface area contributed by atoms with Gasteiger partial charge in [0.15, 0.2) is 0 Å². The predicted molar refractivity (Wildman–Crippen MR) is 61.8 cm³/mol. The molecule has 2 amide bonds. The summed E-state index contributed by atoms with van der Waals surface area (Å²) in [5, 5.41) is 0. The molecule has 1 saturated carbocycles. The molecule has 0 bridgehead atoms. The van der Waals surface area contributed by atoms with Crippen molar-refractivity contribution in [2.75, 3.05) is 13.1 Å². The maximum absolute atomic E-state index is 14.1. The summed E-state index contributed by atoms with van der Waals surface area (Å²) in [5.41, 5.74) is 4.37. The van der Waals surface area contributed by atoms with E-state index in [2.05, 4.69) is 4.98 Å². The summed E-state index contributed by atoms with van der Waals surface area (Å²) in [6.45, 7) is 0.308. The molecule has 96 valence electrons. The van der Waals surface area contributed by atoms with Gasteiger partial charge >= 0.3 is 0 Å². The molecule has 5 nitrogen and oxygen atoms in total. The fourth-order valence-corrected chi connectivity index (χ4v) is 2.42. The molecule has 1 saturated heterocycles. The Morgan fingerprint density at radius 2 is 1.94 bits per heavy atom. The first kappa shape index (κ1) is 11.3. The number of likely N-dealkylation sites (tertiary alicyclic amines) is 1. The predicted octanol–water partition coefficient (Wildman–Crippen LogP) is 0.688. The number of aromatic nitrogens is 1. The van der Waals surface area contributed by atoms with Crippen LogP contribution in [0.2, 0.25) is 0 Å². The minimum absolute atomic E-state index is 0.131. The van der Waals surface area contributed by atoms with E-state index >= 15 is 0 Å². The van der Waals surface area contributed by atoms with E-state index in [0.717, 1.165) is 12.8 Å². The lowest BCUT2D eigenvalue weighted by Crippen LogP contribution is -2.62. The fourth-order valence-electron chi connectivity index (χ4n) is 2.42. The quantitative estimate of drug-likeness (QED) is 0.828. The molecule has 0 unspecified atom stereocenters. The first-order valence-electron chi connectivity index (χ1n) is 5.96. The maximum atomic E-state index is 14.1. The molecule has 18 heavy (non-hydrogen) atoms. The van der Waals surface area contributed by atoms with Gasteiger partial charge in [0.2, 0.25) is 0 Å². The van der Waals surface area contributed by atoms with E-state index in [4.69, 9.17) is 5.73 Å². The van der Waals surface area contributed by atoms with Crippen LogP contribution in [0, 0.1) is 5.92 Å². The number of alkyl halides is 1. The zero-order valence-electron chi connectivity index (χ0n) is 9.78. The summed E-state index contributed by atoms with van der Waals surface area (Å²) >= 11 is 0. The largest absolute Gasteiger partial charge is 0.364 e. The van der Waals surface area contributed by atoms with Gasteiger partial charge in [0.25, 0.3) is 11.8 Å². The Bertz CT molecular complexity index is 515. The van der Waals surface area contributed by atoms with Crippen molar-refractivity contribution in [1.29, 1.82) is 0 Å². The van der Waals surface area contributed by atoms with Gasteiger partial charge in [-0.2, -0.15) is 0 Å². The van der Waals surface area contributed by atoms with Crippen LogP contribution in [0.3, 0.4) is 0 Å². The van der Waals surface area contributed by atoms with E-state index in [-0.39, 0.29) is 36.3 Å². The number of carbonyl (C=O) groups is 2. The molecule has 1 aromatic rings. The minimum atomic E-state index is -1.19. The van der Waals surface area contributed by atoms with E-state index < -0.39 is 11.6 Å². The van der Waals surface area contributed by atoms with Crippen molar-refractivity contribution < 1.29 is 14.0 Å². The first-order valence-corrected chi connectivity index (χ1v) is 5.96. The van der Waals surface area contributed by atoms with Crippen molar-refractivity contribution in [2.24, 2.45) is 11.7 Å². The zero-order valence-corrected chi connectivity index (χ0v) is 9.78. The Kier molecular flexibility index (Phi) is 2.23. The van der Waals surface area contributed by atoms with Gasteiger partial charge in [0.1, 0.15) is 17.1 Å². The van der Waals surface area contributed by atoms with Gasteiger partial charge in [0.05, 0.1) is 13.1 Å². The van der Waals surface area contributed by atoms with Crippen LogP contribution in [0.15, 0.2) is 12.1 Å². The lowest BCUT2D eigenvalue weighted by Gasteiger charge is -2.44. The summed E-state index contributed by atoms with van der Waals surface area (Å²) in [4.78, 5) is 27.0. The average molecular weight is 251 g/mol. The number of primary amides is 1. The number of carbonyl (C=O) groups excluding carboxylic acids is 2. The number of nitrogens with zero attached hydrogens (tertiary/aromatic N) is 1. The van der Waals surface area contributed by atoms with Gasteiger partial charge in [-0.15, -0.1) is 0 Å². The second kappa shape index (κ2) is 3.57. The van der Waals surface area contributed by atoms with Gasteiger partial charge in [0, 0.05) is 0 Å². The molecule has 0 spiro atoms. The van der Waals surface area contributed by atoms with Gasteiger partial charge in [-0.25, -0.2) is 4.39 Å². The Morgan fingerprint density at radius 3 is 2.44 bits per heavy atom.